The molecule has 1 saturated carbocycles. The molecule has 23 heavy (non-hydrogen) atoms. The molecule has 0 aromatic rings. The van der Waals surface area contributed by atoms with Crippen LogP contribution in [-0.2, 0) is 9.47 Å². The first-order chi connectivity index (χ1) is 10.6. The van der Waals surface area contributed by atoms with Gasteiger partial charge in [0.25, 0.3) is 0 Å². The van der Waals surface area contributed by atoms with Crippen molar-refractivity contribution in [1.29, 1.82) is 0 Å². The molecule has 1 aliphatic heterocycles. The average Bonchev–Trinajstić information content (AvgIpc) is 2.62. The molecule has 0 aromatic heterocycles. The molecule has 2 rings (SSSR count). The molecule has 1 saturated heterocycles. The van der Waals surface area contributed by atoms with Gasteiger partial charge in [-0.2, -0.15) is 13.2 Å². The van der Waals surface area contributed by atoms with E-state index >= 15 is 0 Å². The highest BCUT2D eigenvalue weighted by Gasteiger charge is 2.43. The third-order valence-electron chi connectivity index (χ3n) is 5.38. The number of hydrogen-bond acceptors (Lipinski definition) is 4. The Kier molecular flexibility index (Phi) is 5.98. The van der Waals surface area contributed by atoms with Crippen LogP contribution < -0.4 is 0 Å². The Morgan fingerprint density at radius 3 is 2.65 bits per heavy atom. The van der Waals surface area contributed by atoms with Crippen LogP contribution >= 0.6 is 0 Å². The quantitative estimate of drug-likeness (QED) is 0.772. The number of alkyl halides is 3. The van der Waals surface area contributed by atoms with Crippen molar-refractivity contribution in [2.45, 2.75) is 64.2 Å². The minimum absolute atomic E-state index is 0.0332. The summed E-state index contributed by atoms with van der Waals surface area (Å²) >= 11 is 0. The Morgan fingerprint density at radius 1 is 1.30 bits per heavy atom. The number of aliphatic hydroxyl groups is 2. The zero-order valence-electron chi connectivity index (χ0n) is 13.7. The van der Waals surface area contributed by atoms with Crippen LogP contribution in [0.3, 0.4) is 0 Å². The topological polar surface area (TPSA) is 58.9 Å². The van der Waals surface area contributed by atoms with Crippen LogP contribution in [0.15, 0.2) is 0 Å². The van der Waals surface area contributed by atoms with E-state index in [1.54, 1.807) is 13.8 Å². The second kappa shape index (κ2) is 7.25. The van der Waals surface area contributed by atoms with Crippen molar-refractivity contribution in [3.63, 3.8) is 0 Å². The highest BCUT2D eigenvalue weighted by molar-refractivity contribution is 4.88. The zero-order chi connectivity index (χ0) is 17.3. The van der Waals surface area contributed by atoms with E-state index in [1.165, 1.54) is 0 Å². The van der Waals surface area contributed by atoms with Gasteiger partial charge in [-0.1, -0.05) is 19.8 Å². The van der Waals surface area contributed by atoms with E-state index < -0.39 is 30.8 Å². The average molecular weight is 340 g/mol. The summed E-state index contributed by atoms with van der Waals surface area (Å²) in [7, 11) is 0. The summed E-state index contributed by atoms with van der Waals surface area (Å²) in [4.78, 5) is 0. The molecule has 136 valence electrons. The monoisotopic (exact) mass is 340 g/mol. The van der Waals surface area contributed by atoms with E-state index in [0.717, 1.165) is 25.7 Å². The van der Waals surface area contributed by atoms with Crippen molar-refractivity contribution in [3.8, 4) is 0 Å². The summed E-state index contributed by atoms with van der Waals surface area (Å²) in [6.45, 7) is 2.31. The highest BCUT2D eigenvalue weighted by Crippen LogP contribution is 2.45. The largest absolute Gasteiger partial charge is 0.411 e. The van der Waals surface area contributed by atoms with Gasteiger partial charge >= 0.3 is 6.18 Å². The first-order valence-corrected chi connectivity index (χ1v) is 8.32. The molecule has 2 aliphatic rings. The Balaban J connectivity index is 1.99. The number of rotatable bonds is 4. The summed E-state index contributed by atoms with van der Waals surface area (Å²) in [5.41, 5.74) is 0. The van der Waals surface area contributed by atoms with Crippen LogP contribution in [0.25, 0.3) is 0 Å². The molecule has 0 spiro atoms. The van der Waals surface area contributed by atoms with Crippen molar-refractivity contribution in [2.24, 2.45) is 23.7 Å². The van der Waals surface area contributed by atoms with Gasteiger partial charge in [0.15, 0.2) is 12.1 Å². The molecule has 0 aromatic carbocycles. The number of hydrogen-bond donors (Lipinski definition) is 2. The molecular formula is C16H27F3O4. The van der Waals surface area contributed by atoms with Gasteiger partial charge in [-0.05, 0) is 37.5 Å². The zero-order valence-corrected chi connectivity index (χ0v) is 13.7. The molecule has 1 heterocycles. The fourth-order valence-electron chi connectivity index (χ4n) is 4.01. The maximum atomic E-state index is 12.2. The Labute approximate surface area is 135 Å². The third kappa shape index (κ3) is 5.31. The number of halogens is 3. The van der Waals surface area contributed by atoms with Gasteiger partial charge in [0.1, 0.15) is 6.61 Å². The van der Waals surface area contributed by atoms with E-state index in [2.05, 4.69) is 4.74 Å². The minimum Gasteiger partial charge on any atom is -0.368 e. The molecule has 0 amide bonds. The summed E-state index contributed by atoms with van der Waals surface area (Å²) in [6.07, 6.45) is -1.65. The molecule has 7 heteroatoms. The second-order valence-electron chi connectivity index (χ2n) is 7.22. The van der Waals surface area contributed by atoms with Crippen LogP contribution in [0.4, 0.5) is 13.2 Å². The SMILES string of the molecule is C[C@@H](C(O)OCC(F)(F)F)C1CCCC2CC[C@@](C)(O)OCC21. The lowest BCUT2D eigenvalue weighted by Gasteiger charge is -2.41. The van der Waals surface area contributed by atoms with Crippen molar-refractivity contribution in [3.05, 3.63) is 0 Å². The van der Waals surface area contributed by atoms with Gasteiger partial charge in [-0.3, -0.25) is 0 Å². The molecule has 6 atom stereocenters. The predicted octanol–water partition coefficient (Wildman–Crippen LogP) is 3.07. The van der Waals surface area contributed by atoms with Gasteiger partial charge in [0.2, 0.25) is 0 Å². The standard InChI is InChI=1S/C16H27F3O4/c1-10(14(20)22-9-16(17,18)19)12-5-3-4-11-6-7-15(2,21)23-8-13(11)12/h10-14,20-21H,3-9H2,1-2H3/t10-,11?,12?,13?,14?,15+/m1/s1. The third-order valence-corrected chi connectivity index (χ3v) is 5.38. The molecule has 1 aliphatic carbocycles. The van der Waals surface area contributed by atoms with Gasteiger partial charge in [-0.25, -0.2) is 0 Å². The maximum Gasteiger partial charge on any atom is 0.411 e. The van der Waals surface area contributed by atoms with E-state index in [-0.39, 0.29) is 11.8 Å². The Bertz CT molecular complexity index is 386. The second-order valence-corrected chi connectivity index (χ2v) is 7.22. The molecule has 2 fully saturated rings. The van der Waals surface area contributed by atoms with Crippen LogP contribution in [0.5, 0.6) is 0 Å². The van der Waals surface area contributed by atoms with Crippen molar-refractivity contribution in [2.75, 3.05) is 13.2 Å². The van der Waals surface area contributed by atoms with Gasteiger partial charge in [0, 0.05) is 12.3 Å². The number of ether oxygens (including phenoxy) is 2. The van der Waals surface area contributed by atoms with Crippen molar-refractivity contribution in [1.82, 2.24) is 0 Å². The first kappa shape index (κ1) is 19.0. The Morgan fingerprint density at radius 2 is 2.00 bits per heavy atom. The maximum absolute atomic E-state index is 12.2. The van der Waals surface area contributed by atoms with Gasteiger partial charge < -0.3 is 19.7 Å². The number of aliphatic hydroxyl groups excluding tert-OH is 1. The lowest BCUT2D eigenvalue weighted by molar-refractivity contribution is -0.236. The van der Waals surface area contributed by atoms with Crippen LogP contribution in [-0.4, -0.2) is 41.7 Å². The summed E-state index contributed by atoms with van der Waals surface area (Å²) in [6, 6.07) is 0. The van der Waals surface area contributed by atoms with Crippen molar-refractivity contribution >= 4 is 0 Å². The molecule has 4 nitrogen and oxygen atoms in total. The minimum atomic E-state index is -4.44. The first-order valence-electron chi connectivity index (χ1n) is 8.32. The van der Waals surface area contributed by atoms with Crippen LogP contribution in [0.1, 0.15) is 46.0 Å². The molecule has 4 unspecified atom stereocenters. The van der Waals surface area contributed by atoms with Crippen molar-refractivity contribution < 1.29 is 32.9 Å². The molecular weight excluding hydrogens is 313 g/mol. The highest BCUT2D eigenvalue weighted by atomic mass is 19.4. The predicted molar refractivity (Wildman–Crippen MR) is 77.3 cm³/mol. The molecule has 0 radical (unpaired) electrons. The summed E-state index contributed by atoms with van der Waals surface area (Å²) in [5, 5.41) is 20.1. The van der Waals surface area contributed by atoms with Crippen LogP contribution in [0, 0.1) is 23.7 Å². The van der Waals surface area contributed by atoms with Gasteiger partial charge in [-0.15, -0.1) is 0 Å². The summed E-state index contributed by atoms with van der Waals surface area (Å²) < 4.78 is 46.9. The van der Waals surface area contributed by atoms with E-state index in [1.807, 2.05) is 0 Å². The lowest BCUT2D eigenvalue weighted by atomic mass is 9.66. The van der Waals surface area contributed by atoms with Crippen LogP contribution in [0.2, 0.25) is 0 Å². The van der Waals surface area contributed by atoms with Gasteiger partial charge in [0.05, 0.1) is 6.61 Å². The smallest absolute Gasteiger partial charge is 0.368 e. The number of fused-ring (bicyclic) bond motifs is 1. The summed E-state index contributed by atoms with van der Waals surface area (Å²) in [5.74, 6) is -1.00. The molecule has 2 N–H and O–H groups in total. The van der Waals surface area contributed by atoms with E-state index in [4.69, 9.17) is 4.74 Å². The van der Waals surface area contributed by atoms with E-state index in [9.17, 15) is 23.4 Å². The Hall–Kier alpha value is -0.370. The fraction of sp³-hybridized carbons (Fsp3) is 1.00. The normalized spacial score (nSPS) is 38.5. The fourth-order valence-corrected chi connectivity index (χ4v) is 4.01. The van der Waals surface area contributed by atoms with E-state index in [0.29, 0.717) is 18.9 Å². The molecule has 0 bridgehead atoms. The lowest BCUT2D eigenvalue weighted by Crippen LogP contribution is -2.40.